The maximum atomic E-state index is 5.92. The predicted octanol–water partition coefficient (Wildman–Crippen LogP) is 17.1. The number of aryl methyl sites for hydroxylation is 2. The lowest BCUT2D eigenvalue weighted by Gasteiger charge is -2.14. The van der Waals surface area contributed by atoms with Crippen molar-refractivity contribution < 1.29 is 18.6 Å². The number of fused-ring (bicyclic) bond motifs is 2. The lowest BCUT2D eigenvalue weighted by Crippen LogP contribution is -2.21. The van der Waals surface area contributed by atoms with Crippen LogP contribution >= 0.6 is 0 Å². The van der Waals surface area contributed by atoms with Crippen molar-refractivity contribution >= 4 is 115 Å². The van der Waals surface area contributed by atoms with E-state index in [0.29, 0.717) is 0 Å². The van der Waals surface area contributed by atoms with Gasteiger partial charge in [0.1, 0.15) is 23.0 Å². The minimum absolute atomic E-state index is 0.436. The van der Waals surface area contributed by atoms with Crippen LogP contribution in [0, 0.1) is 13.8 Å². The Balaban J connectivity index is 0.000000141. The molecule has 0 amide bonds. The fourth-order valence-corrected chi connectivity index (χ4v) is 10.4. The monoisotopic (exact) mass is 924 g/mol. The van der Waals surface area contributed by atoms with Gasteiger partial charge in [-0.25, -0.2) is 0 Å². The summed E-state index contributed by atoms with van der Waals surface area (Å²) in [7, 11) is -0.873. The molecule has 14 rings (SSSR count). The molecule has 12 aromatic carbocycles. The first-order chi connectivity index (χ1) is 35.5. The first-order valence-electron chi connectivity index (χ1n) is 24.6. The molecule has 0 spiro atoms. The van der Waals surface area contributed by atoms with Gasteiger partial charge in [-0.15, -0.1) is 0 Å². The zero-order chi connectivity index (χ0) is 48.1. The molecule has 0 unspecified atom stereocenters. The first-order valence-corrected chi connectivity index (χ1v) is 24.6. The zero-order valence-corrected chi connectivity index (χ0v) is 39.9. The normalized spacial score (nSPS) is 13.3. The van der Waals surface area contributed by atoms with Crippen LogP contribution in [-0.2, 0) is 0 Å². The summed E-state index contributed by atoms with van der Waals surface area (Å²) in [5.41, 5.74) is 9.77. The molecular formula is C66H46B2O4. The molecule has 0 fully saturated rings. The minimum Gasteiger partial charge on any atom is -0.520 e. The highest BCUT2D eigenvalue weighted by atomic mass is 16.6. The Labute approximate surface area is 419 Å². The van der Waals surface area contributed by atoms with E-state index in [1.165, 1.54) is 98.0 Å². The summed E-state index contributed by atoms with van der Waals surface area (Å²) < 4.78 is 23.7. The van der Waals surface area contributed by atoms with E-state index in [2.05, 4.69) is 196 Å². The summed E-state index contributed by atoms with van der Waals surface area (Å²) >= 11 is 0. The third kappa shape index (κ3) is 8.07. The molecule has 0 aliphatic carbocycles. The average molecular weight is 925 g/mol. The molecule has 2 aliphatic rings. The summed E-state index contributed by atoms with van der Waals surface area (Å²) in [6, 6.07) is 68.4. The summed E-state index contributed by atoms with van der Waals surface area (Å²) in [5, 5.41) is 15.3. The first kappa shape index (κ1) is 43.1. The molecule has 2 aliphatic heterocycles. The van der Waals surface area contributed by atoms with Crippen LogP contribution in [-0.4, -0.2) is 14.2 Å². The number of benzene rings is 12. The molecule has 2 heterocycles. The molecule has 0 saturated carbocycles. The van der Waals surface area contributed by atoms with E-state index in [9.17, 15) is 0 Å². The van der Waals surface area contributed by atoms with Gasteiger partial charge in [-0.3, -0.25) is 0 Å². The van der Waals surface area contributed by atoms with Gasteiger partial charge in [-0.05, 0) is 148 Å². The average Bonchev–Trinajstić information content (AvgIpc) is 4.05. The molecule has 0 atom stereocenters. The highest BCUT2D eigenvalue weighted by Crippen LogP contribution is 2.41. The van der Waals surface area contributed by atoms with Crippen LogP contribution in [0.1, 0.15) is 44.5 Å². The van der Waals surface area contributed by atoms with E-state index in [0.717, 1.165) is 34.1 Å². The van der Waals surface area contributed by atoms with Gasteiger partial charge in [0.2, 0.25) is 0 Å². The Bertz CT molecular complexity index is 3810. The number of hydrogen-bond acceptors (Lipinski definition) is 4. The van der Waals surface area contributed by atoms with Crippen LogP contribution in [0.3, 0.4) is 0 Å². The summed E-state index contributed by atoms with van der Waals surface area (Å²) in [4.78, 5) is 0. The molecule has 340 valence electrons. The molecule has 12 aromatic rings. The van der Waals surface area contributed by atoms with E-state index in [1.807, 2.05) is 60.5 Å². The van der Waals surface area contributed by atoms with Crippen LogP contribution in [0.15, 0.2) is 206 Å². The van der Waals surface area contributed by atoms with Gasteiger partial charge in [0.05, 0.1) is 0 Å². The number of hydrogen-bond donors (Lipinski definition) is 0. The molecule has 4 nitrogen and oxygen atoms in total. The van der Waals surface area contributed by atoms with Gasteiger partial charge in [-0.1, -0.05) is 217 Å². The standard InChI is InChI=1S/C34H26.C32H20B2O4/c1-23-3-7-25(8-4-23)11-13-27-15-17-29-20-22-32-28(14-12-26-9-5-24(2)6-10-26)16-18-30-19-21-31(27)33(29)34(30)32;1-2-6-28-27(5-1)35-33(36-28)19-17-21-9-11-23-14-16-26-22(10-12-24-13-15-25(21)31(23)32(24)26)18-20-34-37-29-7-3-4-8-30(29)38-34/h3-22H,1-2H3;1-20H/b13-11+,14-12+;19-17+,20-18+. The van der Waals surface area contributed by atoms with Crippen molar-refractivity contribution in [3.05, 3.63) is 251 Å². The Morgan fingerprint density at radius 1 is 0.278 bits per heavy atom. The minimum atomic E-state index is -0.436. The quantitative estimate of drug-likeness (QED) is 0.0864. The largest absolute Gasteiger partial charge is 0.625 e. The third-order valence-corrected chi connectivity index (χ3v) is 14.1. The molecule has 6 heteroatoms. The topological polar surface area (TPSA) is 36.9 Å². The van der Waals surface area contributed by atoms with Gasteiger partial charge < -0.3 is 18.6 Å². The smallest absolute Gasteiger partial charge is 0.520 e. The van der Waals surface area contributed by atoms with Gasteiger partial charge in [-0.2, -0.15) is 0 Å². The molecule has 0 bridgehead atoms. The zero-order valence-electron chi connectivity index (χ0n) is 39.9. The summed E-state index contributed by atoms with van der Waals surface area (Å²) in [6.07, 6.45) is 13.1. The van der Waals surface area contributed by atoms with Crippen molar-refractivity contribution in [2.45, 2.75) is 13.8 Å². The predicted molar refractivity (Wildman–Crippen MR) is 305 cm³/mol. The fraction of sp³-hybridized carbons (Fsp3) is 0.0303. The second-order valence-corrected chi connectivity index (χ2v) is 18.8. The van der Waals surface area contributed by atoms with Gasteiger partial charge in [0, 0.05) is 0 Å². The van der Waals surface area contributed by atoms with Gasteiger partial charge in [0.15, 0.2) is 0 Å². The van der Waals surface area contributed by atoms with Crippen LogP contribution in [0.4, 0.5) is 0 Å². The highest BCUT2D eigenvalue weighted by Gasteiger charge is 2.30. The summed E-state index contributed by atoms with van der Waals surface area (Å²) in [5.74, 6) is 7.04. The number of rotatable bonds is 8. The van der Waals surface area contributed by atoms with Crippen LogP contribution in [0.25, 0.3) is 101 Å². The molecule has 0 saturated heterocycles. The van der Waals surface area contributed by atoms with Crippen molar-refractivity contribution in [3.63, 3.8) is 0 Å². The Kier molecular flexibility index (Phi) is 10.8. The highest BCUT2D eigenvalue weighted by molar-refractivity contribution is 6.55. The lowest BCUT2D eigenvalue weighted by atomic mass is 9.85. The van der Waals surface area contributed by atoms with Crippen LogP contribution < -0.4 is 18.6 Å². The second-order valence-electron chi connectivity index (χ2n) is 18.8. The summed E-state index contributed by atoms with van der Waals surface area (Å²) in [6.45, 7) is 4.25. The molecule has 0 radical (unpaired) electrons. The Morgan fingerprint density at radius 3 is 0.861 bits per heavy atom. The lowest BCUT2D eigenvalue weighted by molar-refractivity contribution is 0.517. The van der Waals surface area contributed by atoms with Crippen LogP contribution in [0.2, 0.25) is 0 Å². The van der Waals surface area contributed by atoms with Gasteiger partial charge in [0.25, 0.3) is 0 Å². The van der Waals surface area contributed by atoms with Crippen molar-refractivity contribution in [3.8, 4) is 23.0 Å². The van der Waals surface area contributed by atoms with E-state index in [-0.39, 0.29) is 0 Å². The Hall–Kier alpha value is -8.99. The van der Waals surface area contributed by atoms with E-state index in [4.69, 9.17) is 18.6 Å². The van der Waals surface area contributed by atoms with E-state index >= 15 is 0 Å². The number of para-hydroxylation sites is 4. The molecule has 0 N–H and O–H groups in total. The maximum Gasteiger partial charge on any atom is 0.625 e. The van der Waals surface area contributed by atoms with Gasteiger partial charge >= 0.3 is 14.2 Å². The Morgan fingerprint density at radius 2 is 0.556 bits per heavy atom. The van der Waals surface area contributed by atoms with E-state index in [1.54, 1.807) is 0 Å². The van der Waals surface area contributed by atoms with Crippen molar-refractivity contribution in [1.29, 1.82) is 0 Å². The molecular weight excluding hydrogens is 878 g/mol. The van der Waals surface area contributed by atoms with Crippen molar-refractivity contribution in [1.82, 2.24) is 0 Å². The molecule has 0 aromatic heterocycles. The third-order valence-electron chi connectivity index (χ3n) is 14.1. The fourth-order valence-electron chi connectivity index (χ4n) is 10.4. The van der Waals surface area contributed by atoms with Crippen LogP contribution in [0.5, 0.6) is 23.0 Å². The maximum absolute atomic E-state index is 5.92. The molecule has 72 heavy (non-hydrogen) atoms. The van der Waals surface area contributed by atoms with Crippen molar-refractivity contribution in [2.75, 3.05) is 0 Å². The SMILES string of the molecule is C(=C\c1ccc2ccc3c(/C=C/B4Oc5ccccc5O4)ccc4ccc1c2c43)/B1Oc2ccccc2O1.Cc1ccc(/C=C/c2ccc3ccc4c(/C=C/c5ccc(C)cc5)ccc5ccc2c3c54)cc1. The van der Waals surface area contributed by atoms with Crippen molar-refractivity contribution in [2.24, 2.45) is 0 Å². The van der Waals surface area contributed by atoms with E-state index < -0.39 is 14.2 Å². The second kappa shape index (κ2) is 18.1.